The van der Waals surface area contributed by atoms with Crippen molar-refractivity contribution in [3.05, 3.63) is 58.8 Å². The fourth-order valence-electron chi connectivity index (χ4n) is 3.63. The molecule has 2 aromatic carbocycles. The van der Waals surface area contributed by atoms with Crippen molar-refractivity contribution in [3.63, 3.8) is 0 Å². The molecule has 2 heterocycles. The summed E-state index contributed by atoms with van der Waals surface area (Å²) < 4.78 is 18.8. The van der Waals surface area contributed by atoms with E-state index in [2.05, 4.69) is 16.0 Å². The van der Waals surface area contributed by atoms with Crippen molar-refractivity contribution in [1.29, 1.82) is 0 Å². The highest BCUT2D eigenvalue weighted by atomic mass is 32.2. The van der Waals surface area contributed by atoms with Gasteiger partial charge in [-0.15, -0.1) is 0 Å². The Labute approximate surface area is 180 Å². The van der Waals surface area contributed by atoms with Crippen LogP contribution in [0.25, 0.3) is 6.08 Å². The summed E-state index contributed by atoms with van der Waals surface area (Å²) in [6, 6.07) is 12.0. The zero-order valence-electron chi connectivity index (χ0n) is 17.1. The molecule has 0 atom stereocenters. The molecule has 0 unspecified atom stereocenters. The Bertz CT molecular complexity index is 998. The van der Waals surface area contributed by atoms with E-state index in [0.29, 0.717) is 22.3 Å². The van der Waals surface area contributed by atoms with Crippen molar-refractivity contribution >= 4 is 40.3 Å². The Balaban J connectivity index is 1.63. The SMILES string of the molecule is CCN1C(=O)/C(=C\c2ccc(N3CCCC3)cc2OC)SC1=Nc1ccc(F)cc1. The van der Waals surface area contributed by atoms with Crippen LogP contribution in [0.2, 0.25) is 0 Å². The van der Waals surface area contributed by atoms with E-state index < -0.39 is 0 Å². The van der Waals surface area contributed by atoms with Crippen LogP contribution in [0, 0.1) is 5.82 Å². The van der Waals surface area contributed by atoms with Crippen molar-refractivity contribution in [2.45, 2.75) is 19.8 Å². The maximum absolute atomic E-state index is 13.2. The zero-order valence-corrected chi connectivity index (χ0v) is 17.9. The summed E-state index contributed by atoms with van der Waals surface area (Å²) in [4.78, 5) is 22.0. The number of amides is 1. The van der Waals surface area contributed by atoms with Crippen molar-refractivity contribution in [1.82, 2.24) is 4.90 Å². The molecule has 2 fully saturated rings. The molecular weight excluding hydrogens is 401 g/mol. The highest BCUT2D eigenvalue weighted by Crippen LogP contribution is 2.36. The number of hydrogen-bond acceptors (Lipinski definition) is 5. The van der Waals surface area contributed by atoms with E-state index in [0.717, 1.165) is 30.1 Å². The molecule has 0 spiro atoms. The Morgan fingerprint density at radius 1 is 1.17 bits per heavy atom. The van der Waals surface area contributed by atoms with Crippen LogP contribution < -0.4 is 9.64 Å². The smallest absolute Gasteiger partial charge is 0.266 e. The molecule has 0 aromatic heterocycles. The predicted octanol–water partition coefficient (Wildman–Crippen LogP) is 5.06. The lowest BCUT2D eigenvalue weighted by molar-refractivity contribution is -0.122. The summed E-state index contributed by atoms with van der Waals surface area (Å²) in [5.41, 5.74) is 2.61. The number of methoxy groups -OCH3 is 1. The molecule has 4 rings (SSSR count). The van der Waals surface area contributed by atoms with Crippen LogP contribution >= 0.6 is 11.8 Å². The monoisotopic (exact) mass is 425 g/mol. The summed E-state index contributed by atoms with van der Waals surface area (Å²) in [5.74, 6) is 0.341. The summed E-state index contributed by atoms with van der Waals surface area (Å²) in [6.45, 7) is 4.54. The van der Waals surface area contributed by atoms with Crippen LogP contribution in [0.15, 0.2) is 52.4 Å². The second-order valence-electron chi connectivity index (χ2n) is 7.15. The van der Waals surface area contributed by atoms with E-state index in [9.17, 15) is 9.18 Å². The molecule has 1 amide bonds. The minimum atomic E-state index is -0.313. The van der Waals surface area contributed by atoms with Gasteiger partial charge in [-0.2, -0.15) is 0 Å². The van der Waals surface area contributed by atoms with Crippen molar-refractivity contribution < 1.29 is 13.9 Å². The fourth-order valence-corrected chi connectivity index (χ4v) is 4.68. The van der Waals surface area contributed by atoms with Gasteiger partial charge in [0.05, 0.1) is 17.7 Å². The maximum atomic E-state index is 13.2. The fraction of sp³-hybridized carbons (Fsp3) is 0.304. The van der Waals surface area contributed by atoms with E-state index in [1.165, 1.54) is 36.7 Å². The number of carbonyl (C=O) groups is 1. The molecule has 0 bridgehead atoms. The van der Waals surface area contributed by atoms with Gasteiger partial charge in [0.25, 0.3) is 5.91 Å². The zero-order chi connectivity index (χ0) is 21.1. The van der Waals surface area contributed by atoms with Gasteiger partial charge in [0, 0.05) is 37.0 Å². The summed E-state index contributed by atoms with van der Waals surface area (Å²) in [6.07, 6.45) is 4.28. The Kier molecular flexibility index (Phi) is 6.08. The molecule has 156 valence electrons. The van der Waals surface area contributed by atoms with Crippen LogP contribution in [0.4, 0.5) is 15.8 Å². The molecule has 0 aliphatic carbocycles. The highest BCUT2D eigenvalue weighted by molar-refractivity contribution is 8.18. The molecule has 7 heteroatoms. The number of nitrogens with zero attached hydrogens (tertiary/aromatic N) is 3. The lowest BCUT2D eigenvalue weighted by atomic mass is 10.1. The number of ether oxygens (including phenoxy) is 1. The molecule has 2 aromatic rings. The van der Waals surface area contributed by atoms with Gasteiger partial charge in [-0.1, -0.05) is 0 Å². The van der Waals surface area contributed by atoms with Gasteiger partial charge in [-0.25, -0.2) is 9.38 Å². The third-order valence-corrected chi connectivity index (χ3v) is 6.24. The van der Waals surface area contributed by atoms with Gasteiger partial charge >= 0.3 is 0 Å². The number of carbonyl (C=O) groups excluding carboxylic acids is 1. The van der Waals surface area contributed by atoms with Crippen LogP contribution in [0.1, 0.15) is 25.3 Å². The van der Waals surface area contributed by atoms with Gasteiger partial charge in [0.15, 0.2) is 5.17 Å². The first-order chi connectivity index (χ1) is 14.6. The highest BCUT2D eigenvalue weighted by Gasteiger charge is 2.32. The summed E-state index contributed by atoms with van der Waals surface area (Å²) >= 11 is 1.32. The van der Waals surface area contributed by atoms with Crippen LogP contribution in [-0.4, -0.2) is 42.7 Å². The van der Waals surface area contributed by atoms with Gasteiger partial charge < -0.3 is 9.64 Å². The Hall–Kier alpha value is -2.80. The maximum Gasteiger partial charge on any atom is 0.266 e. The standard InChI is InChI=1S/C23H24FN3O2S/c1-3-27-22(28)21(30-23(27)25-18-9-7-17(24)8-10-18)14-16-6-11-19(15-20(16)29-2)26-12-4-5-13-26/h6-11,14-15H,3-5,12-13H2,1-2H3/b21-14+,25-23?. The second kappa shape index (κ2) is 8.92. The van der Waals surface area contributed by atoms with Gasteiger partial charge in [0.1, 0.15) is 11.6 Å². The van der Waals surface area contributed by atoms with Crippen LogP contribution in [0.5, 0.6) is 5.75 Å². The number of hydrogen-bond donors (Lipinski definition) is 0. The minimum absolute atomic E-state index is 0.0889. The number of thioether (sulfide) groups is 1. The lowest BCUT2D eigenvalue weighted by Crippen LogP contribution is -2.28. The van der Waals surface area contributed by atoms with E-state index in [1.807, 2.05) is 25.1 Å². The third kappa shape index (κ3) is 4.21. The molecular formula is C23H24FN3O2S. The molecule has 30 heavy (non-hydrogen) atoms. The number of rotatable bonds is 5. The third-order valence-electron chi connectivity index (χ3n) is 5.23. The normalized spacial score (nSPS) is 19.4. The largest absolute Gasteiger partial charge is 0.496 e. The summed E-state index contributed by atoms with van der Waals surface area (Å²) in [5, 5.41) is 0.591. The van der Waals surface area contributed by atoms with Crippen molar-refractivity contribution in [2.24, 2.45) is 4.99 Å². The van der Waals surface area contributed by atoms with E-state index in [-0.39, 0.29) is 11.7 Å². The molecule has 2 aliphatic heterocycles. The number of aliphatic imine (C=N–C) groups is 1. The quantitative estimate of drug-likeness (QED) is 0.629. The molecule has 2 saturated heterocycles. The molecule has 5 nitrogen and oxygen atoms in total. The first kappa shape index (κ1) is 20.5. The molecule has 0 N–H and O–H groups in total. The average Bonchev–Trinajstić information content (AvgIpc) is 3.39. The number of likely N-dealkylation sites (N-methyl/N-ethyl adjacent to an activating group) is 1. The Morgan fingerprint density at radius 3 is 2.57 bits per heavy atom. The average molecular weight is 426 g/mol. The number of halogens is 1. The van der Waals surface area contributed by atoms with Crippen LogP contribution in [-0.2, 0) is 4.79 Å². The minimum Gasteiger partial charge on any atom is -0.496 e. The topological polar surface area (TPSA) is 45.1 Å². The molecule has 0 radical (unpaired) electrons. The first-order valence-electron chi connectivity index (χ1n) is 10.1. The summed E-state index contributed by atoms with van der Waals surface area (Å²) in [7, 11) is 1.65. The number of anilines is 1. The molecule has 0 saturated carbocycles. The van der Waals surface area contributed by atoms with E-state index >= 15 is 0 Å². The van der Waals surface area contributed by atoms with Gasteiger partial charge in [-0.3, -0.25) is 9.69 Å². The van der Waals surface area contributed by atoms with E-state index in [1.54, 1.807) is 24.1 Å². The predicted molar refractivity (Wildman–Crippen MR) is 121 cm³/mol. The van der Waals surface area contributed by atoms with Crippen LogP contribution in [0.3, 0.4) is 0 Å². The number of amidine groups is 1. The first-order valence-corrected chi connectivity index (χ1v) is 10.9. The van der Waals surface area contributed by atoms with E-state index in [4.69, 9.17) is 4.74 Å². The second-order valence-corrected chi connectivity index (χ2v) is 8.16. The molecule has 2 aliphatic rings. The van der Waals surface area contributed by atoms with Crippen molar-refractivity contribution in [3.8, 4) is 5.75 Å². The van der Waals surface area contributed by atoms with Gasteiger partial charge in [0.2, 0.25) is 0 Å². The van der Waals surface area contributed by atoms with Gasteiger partial charge in [-0.05, 0) is 74.0 Å². The lowest BCUT2D eigenvalue weighted by Gasteiger charge is -2.19. The Morgan fingerprint density at radius 2 is 1.90 bits per heavy atom. The van der Waals surface area contributed by atoms with Crippen molar-refractivity contribution in [2.75, 3.05) is 31.6 Å². The number of benzene rings is 2.